The molecule has 1 aliphatic rings. The molecule has 0 aromatic carbocycles. The van der Waals surface area contributed by atoms with Crippen molar-refractivity contribution in [2.45, 2.75) is 19.0 Å². The van der Waals surface area contributed by atoms with E-state index in [-0.39, 0.29) is 24.1 Å². The number of thiophene rings is 3. The molecule has 0 spiro atoms. The second kappa shape index (κ2) is 6.70. The Morgan fingerprint density at radius 2 is 2.04 bits per heavy atom. The SMILES string of the molecule is O=C(Cn1cnc2sccc2c1=O)N1CCc2sccc2C1c1cccs1. The van der Waals surface area contributed by atoms with Crippen molar-refractivity contribution in [2.24, 2.45) is 0 Å². The van der Waals surface area contributed by atoms with Gasteiger partial charge in [-0.3, -0.25) is 14.2 Å². The Hall–Kier alpha value is -2.29. The molecule has 4 aromatic rings. The van der Waals surface area contributed by atoms with Crippen LogP contribution in [-0.4, -0.2) is 26.9 Å². The van der Waals surface area contributed by atoms with Crippen LogP contribution in [0.4, 0.5) is 0 Å². The van der Waals surface area contributed by atoms with Gasteiger partial charge >= 0.3 is 0 Å². The number of carbonyl (C=O) groups excluding carboxylic acids is 1. The normalized spacial score (nSPS) is 16.6. The Balaban J connectivity index is 1.50. The van der Waals surface area contributed by atoms with Gasteiger partial charge in [0, 0.05) is 16.3 Å². The molecule has 0 aliphatic carbocycles. The van der Waals surface area contributed by atoms with Crippen molar-refractivity contribution in [3.63, 3.8) is 0 Å². The third kappa shape index (κ3) is 2.84. The standard InChI is InChI=1S/C19H15N3O2S3/c23-16(10-21-11-20-18-13(19(21)24)5-9-27-18)22-6-3-14-12(4-8-26-14)17(22)15-2-1-7-25-15/h1-2,4-5,7-9,11,17H,3,6,10H2. The Bertz CT molecular complexity index is 1170. The summed E-state index contributed by atoms with van der Waals surface area (Å²) in [6.45, 7) is 0.677. The van der Waals surface area contributed by atoms with Crippen molar-refractivity contribution in [3.8, 4) is 0 Å². The minimum atomic E-state index is -0.157. The van der Waals surface area contributed by atoms with Gasteiger partial charge < -0.3 is 4.90 Å². The van der Waals surface area contributed by atoms with Gasteiger partial charge in [-0.1, -0.05) is 6.07 Å². The van der Waals surface area contributed by atoms with E-state index in [9.17, 15) is 9.59 Å². The zero-order valence-corrected chi connectivity index (χ0v) is 16.6. The molecule has 0 saturated heterocycles. The third-order valence-electron chi connectivity index (χ3n) is 4.85. The quantitative estimate of drug-likeness (QED) is 0.514. The van der Waals surface area contributed by atoms with Crippen LogP contribution in [0.25, 0.3) is 10.2 Å². The summed E-state index contributed by atoms with van der Waals surface area (Å²) in [5.41, 5.74) is 1.05. The highest BCUT2D eigenvalue weighted by Crippen LogP contribution is 2.39. The Morgan fingerprint density at radius 1 is 1.15 bits per heavy atom. The van der Waals surface area contributed by atoms with Crippen LogP contribution in [0.1, 0.15) is 21.4 Å². The Morgan fingerprint density at radius 3 is 2.89 bits per heavy atom. The van der Waals surface area contributed by atoms with E-state index < -0.39 is 0 Å². The summed E-state index contributed by atoms with van der Waals surface area (Å²) < 4.78 is 1.42. The number of rotatable bonds is 3. The van der Waals surface area contributed by atoms with Gasteiger partial charge in [0.2, 0.25) is 5.91 Å². The van der Waals surface area contributed by atoms with E-state index in [0.29, 0.717) is 16.8 Å². The van der Waals surface area contributed by atoms with Gasteiger partial charge in [-0.2, -0.15) is 0 Å². The minimum absolute atomic E-state index is 0.0129. The van der Waals surface area contributed by atoms with Crippen LogP contribution >= 0.6 is 34.0 Å². The molecule has 27 heavy (non-hydrogen) atoms. The highest BCUT2D eigenvalue weighted by Gasteiger charge is 2.33. The molecule has 0 bridgehead atoms. The molecule has 1 atom stereocenters. The van der Waals surface area contributed by atoms with Gasteiger partial charge in [0.05, 0.1) is 17.8 Å². The zero-order valence-electron chi connectivity index (χ0n) is 14.2. The van der Waals surface area contributed by atoms with Crippen molar-refractivity contribution in [1.29, 1.82) is 0 Å². The first-order chi connectivity index (χ1) is 13.2. The fourth-order valence-electron chi connectivity index (χ4n) is 3.58. The number of fused-ring (bicyclic) bond motifs is 2. The van der Waals surface area contributed by atoms with Gasteiger partial charge in [-0.05, 0) is 46.3 Å². The van der Waals surface area contributed by atoms with Crippen LogP contribution in [0, 0.1) is 0 Å². The molecule has 0 fully saturated rings. The van der Waals surface area contributed by atoms with Crippen LogP contribution in [-0.2, 0) is 17.8 Å². The van der Waals surface area contributed by atoms with E-state index in [4.69, 9.17) is 0 Å². The van der Waals surface area contributed by atoms with Gasteiger partial charge in [0.1, 0.15) is 11.4 Å². The molecule has 1 amide bonds. The fourth-order valence-corrected chi connectivity index (χ4v) is 6.06. The number of hydrogen-bond acceptors (Lipinski definition) is 6. The number of carbonyl (C=O) groups is 1. The molecule has 1 unspecified atom stereocenters. The number of nitrogens with zero attached hydrogens (tertiary/aromatic N) is 3. The molecule has 4 aromatic heterocycles. The largest absolute Gasteiger partial charge is 0.329 e. The molecule has 5 heterocycles. The predicted molar refractivity (Wildman–Crippen MR) is 110 cm³/mol. The smallest absolute Gasteiger partial charge is 0.262 e. The number of hydrogen-bond donors (Lipinski definition) is 0. The van der Waals surface area contributed by atoms with Gasteiger partial charge in [-0.25, -0.2) is 4.98 Å². The maximum absolute atomic E-state index is 13.2. The van der Waals surface area contributed by atoms with Crippen LogP contribution < -0.4 is 5.56 Å². The summed E-state index contributed by atoms with van der Waals surface area (Å²) in [5.74, 6) is -0.0521. The molecule has 0 N–H and O–H groups in total. The lowest BCUT2D eigenvalue weighted by atomic mass is 9.98. The maximum atomic E-state index is 13.2. The molecule has 5 nitrogen and oxygen atoms in total. The predicted octanol–water partition coefficient (Wildman–Crippen LogP) is 3.76. The molecular weight excluding hydrogens is 398 g/mol. The third-order valence-corrected chi connectivity index (χ3v) is 7.60. The summed E-state index contributed by atoms with van der Waals surface area (Å²) in [6.07, 6.45) is 2.34. The highest BCUT2D eigenvalue weighted by atomic mass is 32.1. The summed E-state index contributed by atoms with van der Waals surface area (Å²) in [6, 6.07) is 7.91. The summed E-state index contributed by atoms with van der Waals surface area (Å²) >= 11 is 4.84. The van der Waals surface area contributed by atoms with Gasteiger partial charge in [-0.15, -0.1) is 34.0 Å². The van der Waals surface area contributed by atoms with Crippen LogP contribution in [0.5, 0.6) is 0 Å². The van der Waals surface area contributed by atoms with Gasteiger partial charge in [0.25, 0.3) is 5.56 Å². The van der Waals surface area contributed by atoms with Crippen LogP contribution in [0.3, 0.4) is 0 Å². The van der Waals surface area contributed by atoms with Crippen molar-refractivity contribution in [2.75, 3.05) is 6.54 Å². The van der Waals surface area contributed by atoms with Crippen LogP contribution in [0.15, 0.2) is 51.5 Å². The topological polar surface area (TPSA) is 55.2 Å². The Kier molecular flexibility index (Phi) is 4.18. The molecule has 136 valence electrons. The van der Waals surface area contributed by atoms with Crippen molar-refractivity contribution < 1.29 is 4.79 Å². The van der Waals surface area contributed by atoms with E-state index >= 15 is 0 Å². The molecule has 0 saturated carbocycles. The fraction of sp³-hybridized carbons (Fsp3) is 0.211. The molecule has 1 aliphatic heterocycles. The first kappa shape index (κ1) is 16.9. The second-order valence-corrected chi connectivity index (χ2v) is 9.25. The van der Waals surface area contributed by atoms with Crippen molar-refractivity contribution in [1.82, 2.24) is 14.5 Å². The lowest BCUT2D eigenvalue weighted by molar-refractivity contribution is -0.133. The van der Waals surface area contributed by atoms with Crippen LogP contribution in [0.2, 0.25) is 0 Å². The molecule has 5 rings (SSSR count). The number of aromatic nitrogens is 2. The van der Waals surface area contributed by atoms with E-state index in [1.54, 1.807) is 28.7 Å². The lowest BCUT2D eigenvalue weighted by Crippen LogP contribution is -2.42. The summed E-state index contributed by atoms with van der Waals surface area (Å²) in [4.78, 5) is 35.2. The second-order valence-electron chi connectivity index (χ2n) is 6.37. The van der Waals surface area contributed by atoms with Crippen molar-refractivity contribution in [3.05, 3.63) is 72.4 Å². The first-order valence-corrected chi connectivity index (χ1v) is 11.2. The average Bonchev–Trinajstić information content (AvgIpc) is 3.43. The van der Waals surface area contributed by atoms with Gasteiger partial charge in [0.15, 0.2) is 0 Å². The lowest BCUT2D eigenvalue weighted by Gasteiger charge is -2.35. The summed E-state index contributed by atoms with van der Waals surface area (Å²) in [5, 5.41) is 6.56. The molecule has 8 heteroatoms. The molecular formula is C19H15N3O2S3. The van der Waals surface area contributed by atoms with E-state index in [1.165, 1.54) is 32.7 Å². The van der Waals surface area contributed by atoms with Crippen molar-refractivity contribution >= 4 is 50.1 Å². The zero-order chi connectivity index (χ0) is 18.4. The number of amides is 1. The monoisotopic (exact) mass is 413 g/mol. The average molecular weight is 414 g/mol. The van der Waals surface area contributed by atoms with E-state index in [1.807, 2.05) is 21.7 Å². The maximum Gasteiger partial charge on any atom is 0.262 e. The minimum Gasteiger partial charge on any atom is -0.329 e. The van der Waals surface area contributed by atoms with E-state index in [2.05, 4.69) is 22.5 Å². The summed E-state index contributed by atoms with van der Waals surface area (Å²) in [7, 11) is 0. The Labute approximate surface area is 167 Å². The highest BCUT2D eigenvalue weighted by molar-refractivity contribution is 7.16. The molecule has 0 radical (unpaired) electrons. The first-order valence-electron chi connectivity index (χ1n) is 8.54. The van der Waals surface area contributed by atoms with E-state index in [0.717, 1.165) is 11.3 Å².